The molecule has 0 radical (unpaired) electrons. The quantitative estimate of drug-likeness (QED) is 0.593. The number of urea groups is 1. The Morgan fingerprint density at radius 2 is 1.97 bits per heavy atom. The van der Waals surface area contributed by atoms with Crippen LogP contribution in [0.15, 0.2) is 6.07 Å². The maximum absolute atomic E-state index is 15.3. The summed E-state index contributed by atoms with van der Waals surface area (Å²) in [5.74, 6) is -1.53. The lowest BCUT2D eigenvalue weighted by Crippen LogP contribution is -2.41. The number of anilines is 2. The first kappa shape index (κ1) is 24.9. The Morgan fingerprint density at radius 1 is 1.30 bits per heavy atom. The third-order valence-electron chi connectivity index (χ3n) is 5.28. The minimum absolute atomic E-state index is 0.0418. The van der Waals surface area contributed by atoms with Crippen LogP contribution in [0.4, 0.5) is 25.4 Å². The van der Waals surface area contributed by atoms with Crippen molar-refractivity contribution in [3.63, 3.8) is 0 Å². The Kier molecular flexibility index (Phi) is 7.26. The van der Waals surface area contributed by atoms with Gasteiger partial charge in [-0.3, -0.25) is 4.90 Å². The van der Waals surface area contributed by atoms with E-state index in [4.69, 9.17) is 26.8 Å². The molecule has 1 aromatic carbocycles. The van der Waals surface area contributed by atoms with Crippen molar-refractivity contribution >= 4 is 41.1 Å². The molecule has 0 spiro atoms. The molecule has 1 aliphatic heterocycles. The number of halogens is 2. The molecule has 3 rings (SSSR count). The molecular weight excluding hydrogens is 455 g/mol. The van der Waals surface area contributed by atoms with Crippen LogP contribution in [0.25, 0.3) is 0 Å². The van der Waals surface area contributed by atoms with E-state index < -0.39 is 29.5 Å². The fraction of sp³-hybridized carbons (Fsp3) is 0.591. The molecule has 1 aromatic rings. The zero-order chi connectivity index (χ0) is 24.5. The molecule has 3 amide bonds. The minimum atomic E-state index is -0.794. The summed E-state index contributed by atoms with van der Waals surface area (Å²) in [6.45, 7) is 7.66. The number of carbonyl (C=O) groups excluding carboxylic acids is 3. The first-order valence-corrected chi connectivity index (χ1v) is 11.3. The molecule has 1 unspecified atom stereocenters. The van der Waals surface area contributed by atoms with Crippen molar-refractivity contribution in [2.75, 3.05) is 29.5 Å². The molecular formula is C22H30ClFN4O5. The maximum atomic E-state index is 15.3. The van der Waals surface area contributed by atoms with Crippen LogP contribution in [0.3, 0.4) is 0 Å². The zero-order valence-electron chi connectivity index (χ0n) is 19.2. The van der Waals surface area contributed by atoms with Gasteiger partial charge in [0.1, 0.15) is 11.4 Å². The molecule has 0 aromatic heterocycles. The fourth-order valence-corrected chi connectivity index (χ4v) is 4.25. The van der Waals surface area contributed by atoms with Gasteiger partial charge >= 0.3 is 18.1 Å². The van der Waals surface area contributed by atoms with Crippen LogP contribution in [0, 0.1) is 5.82 Å². The highest BCUT2D eigenvalue weighted by molar-refractivity contribution is 6.37. The Bertz CT molecular complexity index is 948. The van der Waals surface area contributed by atoms with Crippen molar-refractivity contribution in [3.05, 3.63) is 22.5 Å². The molecule has 1 heterocycles. The summed E-state index contributed by atoms with van der Waals surface area (Å²) in [5.41, 5.74) is 4.89. The van der Waals surface area contributed by atoms with Crippen molar-refractivity contribution in [3.8, 4) is 0 Å². The van der Waals surface area contributed by atoms with Gasteiger partial charge in [-0.2, -0.15) is 0 Å². The van der Waals surface area contributed by atoms with Crippen molar-refractivity contribution in [2.45, 2.75) is 64.6 Å². The van der Waals surface area contributed by atoms with E-state index in [2.05, 4.69) is 5.32 Å². The van der Waals surface area contributed by atoms with E-state index in [1.54, 1.807) is 32.6 Å². The third-order valence-corrected chi connectivity index (χ3v) is 5.64. The van der Waals surface area contributed by atoms with Gasteiger partial charge in [0, 0.05) is 19.1 Å². The van der Waals surface area contributed by atoms with Crippen molar-refractivity contribution < 1.29 is 28.2 Å². The van der Waals surface area contributed by atoms with E-state index in [1.807, 2.05) is 0 Å². The van der Waals surface area contributed by atoms with E-state index in [-0.39, 0.29) is 47.2 Å². The molecule has 0 bridgehead atoms. The second kappa shape index (κ2) is 9.62. The molecule has 1 aliphatic carbocycles. The number of alkyl carbamates (subject to hydrolysis) is 1. The predicted molar refractivity (Wildman–Crippen MR) is 122 cm³/mol. The number of nitrogens with one attached hydrogen (secondary N) is 1. The number of esters is 1. The molecule has 9 nitrogen and oxygen atoms in total. The highest BCUT2D eigenvalue weighted by atomic mass is 35.5. The summed E-state index contributed by atoms with van der Waals surface area (Å²) < 4.78 is 25.6. The molecule has 1 saturated carbocycles. The van der Waals surface area contributed by atoms with E-state index in [1.165, 1.54) is 4.90 Å². The lowest BCUT2D eigenvalue weighted by molar-refractivity contribution is 0.0503. The van der Waals surface area contributed by atoms with Crippen LogP contribution >= 0.6 is 11.6 Å². The van der Waals surface area contributed by atoms with Crippen LogP contribution < -0.4 is 20.9 Å². The number of nitrogens with two attached hydrogens (primary N) is 1. The topological polar surface area (TPSA) is 114 Å². The average molecular weight is 485 g/mol. The smallest absolute Gasteiger partial charge is 0.407 e. The van der Waals surface area contributed by atoms with E-state index >= 15 is 4.39 Å². The van der Waals surface area contributed by atoms with Gasteiger partial charge in [-0.25, -0.2) is 18.8 Å². The lowest BCUT2D eigenvalue weighted by atomic mass is 10.1. The van der Waals surface area contributed by atoms with Crippen molar-refractivity contribution in [1.82, 2.24) is 5.32 Å². The number of benzene rings is 1. The van der Waals surface area contributed by atoms with Gasteiger partial charge in [0.25, 0.3) is 0 Å². The number of primary amides is 1. The number of rotatable bonds is 6. The number of hydrogen-bond donors (Lipinski definition) is 2. The molecule has 1 atom stereocenters. The Hall–Kier alpha value is -2.75. The number of ether oxygens (including phenoxy) is 2. The second-order valence-corrected chi connectivity index (χ2v) is 9.53. The monoisotopic (exact) mass is 484 g/mol. The minimum Gasteiger partial charge on any atom is -0.462 e. The Morgan fingerprint density at radius 3 is 2.52 bits per heavy atom. The van der Waals surface area contributed by atoms with Crippen LogP contribution in [0.2, 0.25) is 5.02 Å². The van der Waals surface area contributed by atoms with Gasteiger partial charge < -0.3 is 25.4 Å². The van der Waals surface area contributed by atoms with E-state index in [9.17, 15) is 14.4 Å². The third kappa shape index (κ3) is 5.79. The van der Waals surface area contributed by atoms with Gasteiger partial charge in [0.15, 0.2) is 0 Å². The van der Waals surface area contributed by atoms with Gasteiger partial charge in [-0.1, -0.05) is 11.6 Å². The molecule has 33 heavy (non-hydrogen) atoms. The summed E-state index contributed by atoms with van der Waals surface area (Å²) in [6.07, 6.45) is 1.36. The number of hydrogen-bond acceptors (Lipinski definition) is 6. The van der Waals surface area contributed by atoms with Crippen molar-refractivity contribution in [1.29, 1.82) is 0 Å². The fourth-order valence-electron chi connectivity index (χ4n) is 3.85. The van der Waals surface area contributed by atoms with Crippen LogP contribution in [-0.2, 0) is 9.47 Å². The summed E-state index contributed by atoms with van der Waals surface area (Å²) >= 11 is 6.64. The Balaban J connectivity index is 1.93. The van der Waals surface area contributed by atoms with Crippen molar-refractivity contribution in [2.24, 2.45) is 5.73 Å². The number of nitrogens with zero attached hydrogens (tertiary/aromatic N) is 2. The van der Waals surface area contributed by atoms with Crippen LogP contribution in [0.1, 0.15) is 57.3 Å². The molecule has 182 valence electrons. The molecule has 2 aliphatic rings. The van der Waals surface area contributed by atoms with E-state index in [0.29, 0.717) is 25.8 Å². The highest BCUT2D eigenvalue weighted by Crippen LogP contribution is 2.45. The SMILES string of the molecule is CCOC(=O)c1cc(F)c(N2CCC(NC(=O)OC(C)(C)C)C2)c(Cl)c1N(C(N)=O)C1CC1. The summed E-state index contributed by atoms with van der Waals surface area (Å²) in [4.78, 5) is 39.8. The normalized spacial score (nSPS) is 18.1. The standard InChI is InChI=1S/C22H30ClFN4O5/c1-5-32-19(29)14-10-15(24)18(16(23)17(14)28(20(25)30)13-6-7-13)27-9-8-12(11-27)26-21(31)33-22(2,3)4/h10,12-13H,5-9,11H2,1-4H3,(H2,25,30)(H,26,31). The van der Waals surface area contributed by atoms with E-state index in [0.717, 1.165) is 6.07 Å². The molecule has 3 N–H and O–H groups in total. The number of carbonyl (C=O) groups is 3. The maximum Gasteiger partial charge on any atom is 0.407 e. The second-order valence-electron chi connectivity index (χ2n) is 9.15. The van der Waals surface area contributed by atoms with Gasteiger partial charge in [0.05, 0.1) is 34.6 Å². The molecule has 2 fully saturated rings. The number of amides is 3. The predicted octanol–water partition coefficient (Wildman–Crippen LogP) is 3.81. The molecule has 11 heteroatoms. The zero-order valence-corrected chi connectivity index (χ0v) is 20.0. The highest BCUT2D eigenvalue weighted by Gasteiger charge is 2.39. The first-order chi connectivity index (χ1) is 15.4. The van der Waals surface area contributed by atoms with Gasteiger partial charge in [-0.15, -0.1) is 0 Å². The average Bonchev–Trinajstić information content (AvgIpc) is 3.41. The molecule has 1 saturated heterocycles. The summed E-state index contributed by atoms with van der Waals surface area (Å²) in [6, 6.07) is -0.263. The summed E-state index contributed by atoms with van der Waals surface area (Å²) in [5, 5.41) is 2.68. The summed E-state index contributed by atoms with van der Waals surface area (Å²) in [7, 11) is 0. The Labute approximate surface area is 197 Å². The van der Waals surface area contributed by atoms with Crippen LogP contribution in [0.5, 0.6) is 0 Å². The lowest BCUT2D eigenvalue weighted by Gasteiger charge is -2.28. The first-order valence-electron chi connectivity index (χ1n) is 10.9. The largest absolute Gasteiger partial charge is 0.462 e. The van der Waals surface area contributed by atoms with Crippen LogP contribution in [-0.4, -0.2) is 55.5 Å². The van der Waals surface area contributed by atoms with Gasteiger partial charge in [-0.05, 0) is 53.0 Å². The van der Waals surface area contributed by atoms with Gasteiger partial charge in [0.2, 0.25) is 0 Å².